The summed E-state index contributed by atoms with van der Waals surface area (Å²) >= 11 is 0. The van der Waals surface area contributed by atoms with Crippen molar-refractivity contribution < 1.29 is 0 Å². The predicted molar refractivity (Wildman–Crippen MR) is 65.4 cm³/mol. The summed E-state index contributed by atoms with van der Waals surface area (Å²) in [6.07, 6.45) is 2.46. The van der Waals surface area contributed by atoms with Gasteiger partial charge in [0.1, 0.15) is 0 Å². The first-order chi connectivity index (χ1) is 7.22. The molecule has 2 nitrogen and oxygen atoms in total. The summed E-state index contributed by atoms with van der Waals surface area (Å²) in [5.74, 6) is 0. The van der Waals surface area contributed by atoms with Gasteiger partial charge in [0.2, 0.25) is 0 Å². The summed E-state index contributed by atoms with van der Waals surface area (Å²) in [5, 5.41) is 0. The largest absolute Gasteiger partial charge is 0.367 e. The van der Waals surface area contributed by atoms with Crippen LogP contribution in [-0.2, 0) is 6.42 Å². The van der Waals surface area contributed by atoms with E-state index in [1.807, 2.05) is 0 Å². The van der Waals surface area contributed by atoms with Gasteiger partial charge in [-0.25, -0.2) is 0 Å². The summed E-state index contributed by atoms with van der Waals surface area (Å²) in [6.45, 7) is 6.24. The zero-order chi connectivity index (χ0) is 10.8. The van der Waals surface area contributed by atoms with Gasteiger partial charge in [-0.1, -0.05) is 17.7 Å². The molecule has 0 aliphatic carbocycles. The maximum Gasteiger partial charge on any atom is 0.0401 e. The van der Waals surface area contributed by atoms with Crippen LogP contribution in [0.2, 0.25) is 0 Å². The van der Waals surface area contributed by atoms with Gasteiger partial charge in [-0.2, -0.15) is 0 Å². The van der Waals surface area contributed by atoms with Crippen molar-refractivity contribution in [2.45, 2.75) is 32.7 Å². The molecule has 0 amide bonds. The number of benzene rings is 1. The van der Waals surface area contributed by atoms with Gasteiger partial charge in [-0.05, 0) is 38.3 Å². The fourth-order valence-corrected chi connectivity index (χ4v) is 2.34. The van der Waals surface area contributed by atoms with Gasteiger partial charge in [0, 0.05) is 24.8 Å². The lowest BCUT2D eigenvalue weighted by molar-refractivity contribution is 0.598. The fourth-order valence-electron chi connectivity index (χ4n) is 2.34. The minimum absolute atomic E-state index is 0.451. The van der Waals surface area contributed by atoms with E-state index in [4.69, 9.17) is 5.73 Å². The molecule has 2 rings (SSSR count). The topological polar surface area (TPSA) is 29.3 Å². The summed E-state index contributed by atoms with van der Waals surface area (Å²) in [4.78, 5) is 2.44. The van der Waals surface area contributed by atoms with Crippen LogP contribution in [0, 0.1) is 6.92 Å². The van der Waals surface area contributed by atoms with Crippen LogP contribution in [-0.4, -0.2) is 19.1 Å². The first kappa shape index (κ1) is 10.5. The molecule has 0 spiro atoms. The Kier molecular flexibility index (Phi) is 2.96. The van der Waals surface area contributed by atoms with Crippen LogP contribution in [0.25, 0.3) is 0 Å². The Hall–Kier alpha value is -1.02. The molecule has 1 aliphatic heterocycles. The Morgan fingerprint density at radius 3 is 3.00 bits per heavy atom. The first-order valence-electron chi connectivity index (χ1n) is 5.78. The molecule has 0 saturated carbocycles. The smallest absolute Gasteiger partial charge is 0.0401 e. The maximum absolute atomic E-state index is 5.75. The summed E-state index contributed by atoms with van der Waals surface area (Å²) in [7, 11) is 0. The van der Waals surface area contributed by atoms with Gasteiger partial charge in [-0.3, -0.25) is 0 Å². The van der Waals surface area contributed by atoms with Crippen molar-refractivity contribution in [3.05, 3.63) is 29.3 Å². The molecule has 15 heavy (non-hydrogen) atoms. The van der Waals surface area contributed by atoms with Crippen molar-refractivity contribution in [3.63, 3.8) is 0 Å². The van der Waals surface area contributed by atoms with Gasteiger partial charge in [0.05, 0.1) is 0 Å². The first-order valence-corrected chi connectivity index (χ1v) is 5.78. The maximum atomic E-state index is 5.75. The second kappa shape index (κ2) is 4.23. The third kappa shape index (κ3) is 2.00. The molecular formula is C13H20N2. The van der Waals surface area contributed by atoms with Crippen LogP contribution in [0.3, 0.4) is 0 Å². The van der Waals surface area contributed by atoms with E-state index in [1.165, 1.54) is 29.7 Å². The molecule has 0 radical (unpaired) electrons. The van der Waals surface area contributed by atoms with Crippen molar-refractivity contribution in [1.82, 2.24) is 0 Å². The molecule has 1 aliphatic rings. The van der Waals surface area contributed by atoms with E-state index in [0.29, 0.717) is 6.04 Å². The van der Waals surface area contributed by atoms with E-state index in [0.717, 1.165) is 13.1 Å². The number of anilines is 1. The summed E-state index contributed by atoms with van der Waals surface area (Å²) < 4.78 is 0. The Morgan fingerprint density at radius 2 is 2.27 bits per heavy atom. The third-order valence-corrected chi connectivity index (χ3v) is 3.26. The number of nitrogens with zero attached hydrogens (tertiary/aromatic N) is 1. The quantitative estimate of drug-likeness (QED) is 0.799. The lowest BCUT2D eigenvalue weighted by atomic mass is 9.98. The van der Waals surface area contributed by atoms with Gasteiger partial charge in [0.15, 0.2) is 0 Å². The molecule has 0 aromatic heterocycles. The number of aryl methyl sites for hydroxylation is 2. The molecule has 1 unspecified atom stereocenters. The second-order valence-electron chi connectivity index (χ2n) is 4.51. The van der Waals surface area contributed by atoms with Crippen LogP contribution in [0.5, 0.6) is 0 Å². The Balaban J connectivity index is 2.34. The fraction of sp³-hybridized carbons (Fsp3) is 0.538. The molecule has 2 heteroatoms. The molecule has 2 N–H and O–H groups in total. The number of hydrogen-bond acceptors (Lipinski definition) is 2. The Labute approximate surface area is 92.1 Å². The van der Waals surface area contributed by atoms with Crippen LogP contribution >= 0.6 is 0 Å². The number of hydrogen-bond donors (Lipinski definition) is 1. The number of nitrogens with two attached hydrogens (primary N) is 1. The van der Waals surface area contributed by atoms with Gasteiger partial charge >= 0.3 is 0 Å². The zero-order valence-corrected chi connectivity index (χ0v) is 9.66. The minimum atomic E-state index is 0.451. The molecule has 1 aromatic rings. The van der Waals surface area contributed by atoms with Crippen molar-refractivity contribution >= 4 is 5.69 Å². The van der Waals surface area contributed by atoms with Crippen molar-refractivity contribution in [1.29, 1.82) is 0 Å². The molecule has 1 aromatic carbocycles. The van der Waals surface area contributed by atoms with Crippen LogP contribution in [0.4, 0.5) is 5.69 Å². The SMILES string of the molecule is Cc1ccc2c(c1)CCCN2C(C)CN. The zero-order valence-electron chi connectivity index (χ0n) is 9.66. The van der Waals surface area contributed by atoms with Crippen LogP contribution in [0.1, 0.15) is 24.5 Å². The summed E-state index contributed by atoms with van der Waals surface area (Å²) in [6, 6.07) is 7.20. The van der Waals surface area contributed by atoms with E-state index in [2.05, 4.69) is 36.9 Å². The molecular weight excluding hydrogens is 184 g/mol. The summed E-state index contributed by atoms with van der Waals surface area (Å²) in [5.41, 5.74) is 9.99. The highest BCUT2D eigenvalue weighted by molar-refractivity contribution is 5.57. The molecule has 82 valence electrons. The van der Waals surface area contributed by atoms with Crippen molar-refractivity contribution in [2.75, 3.05) is 18.0 Å². The Morgan fingerprint density at radius 1 is 1.47 bits per heavy atom. The number of rotatable bonds is 2. The van der Waals surface area contributed by atoms with Gasteiger partial charge in [-0.15, -0.1) is 0 Å². The lowest BCUT2D eigenvalue weighted by Gasteiger charge is -2.36. The standard InChI is InChI=1S/C13H20N2/c1-10-5-6-13-12(8-10)4-3-7-15(13)11(2)9-14/h5-6,8,11H,3-4,7,9,14H2,1-2H3. The predicted octanol–water partition coefficient (Wildman–Crippen LogP) is 2.09. The second-order valence-corrected chi connectivity index (χ2v) is 4.51. The molecule has 0 fully saturated rings. The molecule has 1 atom stereocenters. The Bertz CT molecular complexity index is 346. The van der Waals surface area contributed by atoms with E-state index in [1.54, 1.807) is 0 Å². The van der Waals surface area contributed by atoms with Crippen molar-refractivity contribution in [2.24, 2.45) is 5.73 Å². The highest BCUT2D eigenvalue weighted by atomic mass is 15.2. The van der Waals surface area contributed by atoms with E-state index >= 15 is 0 Å². The highest BCUT2D eigenvalue weighted by Crippen LogP contribution is 2.29. The van der Waals surface area contributed by atoms with Gasteiger partial charge < -0.3 is 10.6 Å². The van der Waals surface area contributed by atoms with E-state index in [9.17, 15) is 0 Å². The van der Waals surface area contributed by atoms with Crippen LogP contribution < -0.4 is 10.6 Å². The van der Waals surface area contributed by atoms with Crippen LogP contribution in [0.15, 0.2) is 18.2 Å². The average Bonchev–Trinajstić information content (AvgIpc) is 2.26. The normalized spacial score (nSPS) is 17.4. The van der Waals surface area contributed by atoms with E-state index < -0.39 is 0 Å². The monoisotopic (exact) mass is 204 g/mol. The molecule has 0 saturated heterocycles. The van der Waals surface area contributed by atoms with E-state index in [-0.39, 0.29) is 0 Å². The van der Waals surface area contributed by atoms with Crippen molar-refractivity contribution in [3.8, 4) is 0 Å². The number of fused-ring (bicyclic) bond motifs is 1. The average molecular weight is 204 g/mol. The molecule has 0 bridgehead atoms. The van der Waals surface area contributed by atoms with Gasteiger partial charge in [0.25, 0.3) is 0 Å². The molecule has 1 heterocycles. The third-order valence-electron chi connectivity index (χ3n) is 3.26. The highest BCUT2D eigenvalue weighted by Gasteiger charge is 2.20. The minimum Gasteiger partial charge on any atom is -0.367 e. The lowest BCUT2D eigenvalue weighted by Crippen LogP contribution is -2.41.